The summed E-state index contributed by atoms with van der Waals surface area (Å²) < 4.78 is 142. The van der Waals surface area contributed by atoms with Crippen molar-refractivity contribution >= 4 is 68.0 Å². The summed E-state index contributed by atoms with van der Waals surface area (Å²) in [6.07, 6.45) is -14.4. The molecule has 0 saturated carbocycles. The number of carbonyl (C=O) groups is 4. The van der Waals surface area contributed by atoms with Gasteiger partial charge in [0, 0.05) is 66.4 Å². The Bertz CT molecular complexity index is 3930. The summed E-state index contributed by atoms with van der Waals surface area (Å²) in [6.45, 7) is 8.29. The number of rotatable bonds is 18. The zero-order chi connectivity index (χ0) is 79.1. The van der Waals surface area contributed by atoms with Crippen LogP contribution in [0.25, 0.3) is 0 Å². The van der Waals surface area contributed by atoms with Gasteiger partial charge in [0.15, 0.2) is 48.2 Å². The van der Waals surface area contributed by atoms with Gasteiger partial charge in [0.05, 0.1) is 78.9 Å². The standard InChI is InChI=1S/C33H41N2O15P.C29H33O15P.C4H10N2O.2CH5P/c1-14(36)34-5-6-35-51(40,41)31-22(42-3)7-16(8-23(31)43-4)25-17-9-20-21(47-13-46-20)10-18(17)29(19-11-45-32(39)26(19)25)50-33-28(38)27(37)30-24(49-33)12-44-15(2)48-30;1-11-38-9-20-26(42-11)23(30)24(31)29(43-20)44-25-14-7-17-16(40-10-41-17)6-13(14)21(22-15(25)8-39-28(22)32)12-4-18(36-2)27(45(33,34)35)19(5-12)37-3;1-4(7)6-3-2-5;2*1-2/h7-10,15,19,24-30,33,37-38H,5-6,11-13H2,1-4H3,(H,34,36)(H2,35,40,41);4-7,11,15,20-26,29-31H,8-10H2,1-3H3,(H2,33,34,35);2-3,5H2,1H3,(H,6,7);2*2H2,1H3/t15?,19-,24?,25+,26-,27?,28?,29+,30?,33?;11?,15-,20?,21+,22-,23?,24?,25+,26?,29?;;;/m00.../s1/i;;;2*1D. The summed E-state index contributed by atoms with van der Waals surface area (Å²) in [5, 5.41) is 51.3. The van der Waals surface area contributed by atoms with E-state index in [0.29, 0.717) is 82.8 Å². The van der Waals surface area contributed by atoms with Crippen molar-refractivity contribution in [3.05, 3.63) is 81.9 Å². The Hall–Kier alpha value is -6.20. The van der Waals surface area contributed by atoms with Crippen LogP contribution in [0.15, 0.2) is 48.5 Å². The van der Waals surface area contributed by atoms with Crippen LogP contribution in [0.3, 0.4) is 0 Å². The lowest BCUT2D eigenvalue weighted by Gasteiger charge is -2.47. The van der Waals surface area contributed by atoms with Crippen LogP contribution >= 0.6 is 33.6 Å². The molecule has 39 heteroatoms. The second-order valence-corrected chi connectivity index (χ2v) is 29.2. The van der Waals surface area contributed by atoms with Crippen LogP contribution in [-0.4, -0.2) is 241 Å². The van der Waals surface area contributed by atoms with Crippen LogP contribution in [0.2, 0.25) is 0 Å². The van der Waals surface area contributed by atoms with E-state index in [-0.39, 0.29) is 93.2 Å². The second kappa shape index (κ2) is 35.9. The Morgan fingerprint density at radius 2 is 0.907 bits per heavy atom. The van der Waals surface area contributed by atoms with Gasteiger partial charge in [0.1, 0.15) is 82.4 Å². The summed E-state index contributed by atoms with van der Waals surface area (Å²) in [4.78, 5) is 79.7. The van der Waals surface area contributed by atoms with Gasteiger partial charge >= 0.3 is 27.1 Å². The highest BCUT2D eigenvalue weighted by atomic mass is 31.2. The highest BCUT2D eigenvalue weighted by Crippen LogP contribution is 2.60. The van der Waals surface area contributed by atoms with Crippen molar-refractivity contribution in [1.29, 1.82) is 0 Å². The maximum Gasteiger partial charge on any atom is 0.363 e. The third-order valence-corrected chi connectivity index (χ3v) is 22.2. The zero-order valence-corrected chi connectivity index (χ0v) is 63.8. The minimum absolute atomic E-state index is 0.0153. The smallest absolute Gasteiger partial charge is 0.363 e. The molecule has 6 saturated heterocycles. The lowest BCUT2D eigenvalue weighted by atomic mass is 9.66. The van der Waals surface area contributed by atoms with Crippen molar-refractivity contribution in [3.63, 3.8) is 0 Å². The number of cyclic esters (lactones) is 2. The number of esters is 2. The third kappa shape index (κ3) is 17.5. The number of aliphatic hydroxyl groups is 4. The van der Waals surface area contributed by atoms with Gasteiger partial charge in [-0.25, -0.2) is 5.09 Å². The molecule has 4 aromatic rings. The maximum absolute atomic E-state index is 13.7. The number of carbonyl (C=O) groups excluding carboxylic acids is 4. The number of amides is 2. The molecule has 14 rings (SSSR count). The van der Waals surface area contributed by atoms with E-state index < -0.39 is 154 Å². The van der Waals surface area contributed by atoms with E-state index in [1.807, 2.05) is 0 Å². The molecule has 592 valence electrons. The lowest BCUT2D eigenvalue weighted by Crippen LogP contribution is -2.63. The van der Waals surface area contributed by atoms with Crippen LogP contribution < -0.4 is 70.0 Å². The topological polar surface area (TPSA) is 472 Å². The number of fused-ring (bicyclic) bond motifs is 8. The molecule has 35 nitrogen and oxygen atoms in total. The number of hydrogen-bond acceptors (Lipinski definition) is 29. The van der Waals surface area contributed by atoms with Crippen molar-refractivity contribution in [2.75, 3.05) is 108 Å². The summed E-state index contributed by atoms with van der Waals surface area (Å²) in [7, 11) is 0.596. The van der Waals surface area contributed by atoms with Crippen molar-refractivity contribution in [3.8, 4) is 46.0 Å². The van der Waals surface area contributed by atoms with Crippen LogP contribution in [-0.2, 0) is 75.7 Å². The Balaban J connectivity index is 0.000000201. The van der Waals surface area contributed by atoms with Crippen molar-refractivity contribution in [2.45, 2.75) is 126 Å². The lowest BCUT2D eigenvalue weighted by molar-refractivity contribution is -0.364. The molecule has 2 aliphatic carbocycles. The Labute approximate surface area is 623 Å². The number of methoxy groups -OCH3 is 4. The highest BCUT2D eigenvalue weighted by Gasteiger charge is 2.59. The maximum atomic E-state index is 13.7. The number of nitrogens with one attached hydrogen (secondary N) is 3. The normalized spacial score (nSPS) is 31.6. The van der Waals surface area contributed by atoms with Gasteiger partial charge in [-0.2, -0.15) is 0 Å². The largest absolute Gasteiger partial charge is 0.496 e. The average molecular weight is 1590 g/mol. The first-order chi connectivity index (χ1) is 52.0. The molecular formula is C68H94N4O31P4. The van der Waals surface area contributed by atoms with Crippen molar-refractivity contribution < 1.29 is 151 Å². The number of nitrogens with two attached hydrogens (primary N) is 1. The summed E-state index contributed by atoms with van der Waals surface area (Å²) in [5.41, 5.74) is 8.39. The molecule has 4 aromatic carbocycles. The van der Waals surface area contributed by atoms with Crippen LogP contribution in [0.5, 0.6) is 46.0 Å². The molecule has 12 N–H and O–H groups in total. The van der Waals surface area contributed by atoms with Gasteiger partial charge in [-0.3, -0.25) is 28.3 Å². The molecule has 2 amide bonds. The van der Waals surface area contributed by atoms with Crippen molar-refractivity contribution in [2.24, 2.45) is 29.4 Å². The molecular weight excluding hydrogens is 1490 g/mol. The molecule has 15 unspecified atom stereocenters. The van der Waals surface area contributed by atoms with Crippen LogP contribution in [0.4, 0.5) is 0 Å². The van der Waals surface area contributed by atoms with E-state index in [2.05, 4.69) is 34.2 Å². The summed E-state index contributed by atoms with van der Waals surface area (Å²) in [6, 6.07) is 13.0. The Morgan fingerprint density at radius 3 is 1.25 bits per heavy atom. The van der Waals surface area contributed by atoms with Gasteiger partial charge in [0.25, 0.3) is 0 Å². The number of aliphatic hydroxyl groups excluding tert-OH is 4. The predicted molar refractivity (Wildman–Crippen MR) is 380 cm³/mol. The zero-order valence-electron chi connectivity index (χ0n) is 61.7. The fourth-order valence-electron chi connectivity index (χ4n) is 14.8. The first kappa shape index (κ1) is 80.3. The number of benzene rings is 4. The molecule has 107 heavy (non-hydrogen) atoms. The summed E-state index contributed by atoms with van der Waals surface area (Å²) in [5.74, 6) is -4.15. The number of hydrogen-bond donors (Lipinski definition) is 11. The minimum atomic E-state index is -4.83. The molecule has 6 fully saturated rings. The first-order valence-corrected chi connectivity index (χ1v) is 38.8. The fraction of sp³-hybridized carbons (Fsp3) is 0.588. The van der Waals surface area contributed by atoms with Gasteiger partial charge in [0.2, 0.25) is 25.4 Å². The fourth-order valence-corrected chi connectivity index (χ4v) is 17.2. The van der Waals surface area contributed by atoms with Crippen molar-refractivity contribution in [1.82, 2.24) is 15.7 Å². The third-order valence-electron chi connectivity index (χ3n) is 19.4. The van der Waals surface area contributed by atoms with Crippen LogP contribution in [0.1, 0.15) is 87.9 Å². The Morgan fingerprint density at radius 1 is 0.542 bits per heavy atom. The number of ether oxygens (including phenoxy) is 18. The van der Waals surface area contributed by atoms with Gasteiger partial charge in [-0.15, -0.1) is 18.5 Å². The Kier molecular flexibility index (Phi) is 26.9. The molecule has 10 aliphatic rings. The van der Waals surface area contributed by atoms with E-state index >= 15 is 0 Å². The molecule has 8 aliphatic heterocycles. The first-order valence-electron chi connectivity index (χ1n) is 35.4. The quantitative estimate of drug-likeness (QED) is 0.0370. The molecule has 0 aromatic heterocycles. The van der Waals surface area contributed by atoms with E-state index in [1.54, 1.807) is 50.2 Å². The molecule has 23 atom stereocenters. The molecule has 0 bridgehead atoms. The molecule has 8 heterocycles. The summed E-state index contributed by atoms with van der Waals surface area (Å²) >= 11 is 0. The van der Waals surface area contributed by atoms with E-state index in [9.17, 15) is 63.4 Å². The minimum Gasteiger partial charge on any atom is -0.496 e. The SMILES string of the molecule is CC(=O)NCCN.COc1cc([C@@H]2c3cc4c(cc3[C@@H](OC3OC5COC(C)OC5C(O)C3O)[C@H]3COC(=O)[C@H]23)OCO4)cc(OC)c1P(=O)(O)NCCNC(C)=O.COc1cc([C@@H]2c3cc4c(cc3[C@@H](OC3OC5COC(C)OC5C(O)C3O)[C@H]3COC(=O)[C@H]23)OCO4)cc(OC)c1P(=O)(O)O.[2H]CP.[2H]CP. The monoisotopic (exact) mass is 1590 g/mol. The molecule has 0 radical (unpaired) electrons. The molecule has 0 spiro atoms. The van der Waals surface area contributed by atoms with E-state index in [4.69, 9.17) is 93.7 Å². The van der Waals surface area contributed by atoms with Crippen LogP contribution in [0, 0.1) is 23.7 Å². The van der Waals surface area contributed by atoms with Gasteiger partial charge in [-0.05, 0) is 95.8 Å². The van der Waals surface area contributed by atoms with E-state index in [1.165, 1.54) is 54.4 Å². The average Bonchev–Trinajstić information content (AvgIpc) is 1.68. The highest BCUT2D eigenvalue weighted by molar-refractivity contribution is 7.64. The second-order valence-electron chi connectivity index (χ2n) is 25.8. The van der Waals surface area contributed by atoms with Gasteiger partial charge < -0.3 is 137 Å². The van der Waals surface area contributed by atoms with E-state index in [0.717, 1.165) is 0 Å². The predicted octanol–water partition coefficient (Wildman–Crippen LogP) is 0.669. The van der Waals surface area contributed by atoms with Gasteiger partial charge in [-0.1, -0.05) is 13.3 Å².